The molecule has 2 saturated heterocycles. The average molecular weight is 356 g/mol. The van der Waals surface area contributed by atoms with Gasteiger partial charge in [0, 0.05) is 31.3 Å². The SMILES string of the molecule is CCC(C)NC(=O)C1CSC2(CCN(C(=O)CC(C)(C)C)CC2)N1. The van der Waals surface area contributed by atoms with E-state index in [9.17, 15) is 9.59 Å². The minimum absolute atomic E-state index is 0.0318. The molecular weight excluding hydrogens is 322 g/mol. The zero-order chi connectivity index (χ0) is 18.0. The molecule has 1 spiro atoms. The van der Waals surface area contributed by atoms with Gasteiger partial charge in [-0.15, -0.1) is 11.8 Å². The van der Waals surface area contributed by atoms with Crippen molar-refractivity contribution in [1.29, 1.82) is 0 Å². The standard InChI is InChI=1S/C18H33N3O2S/c1-6-13(2)19-16(23)14-12-24-18(20-14)7-9-21(10-8-18)15(22)11-17(3,4)5/h13-14,20H,6-12H2,1-5H3,(H,19,23). The van der Waals surface area contributed by atoms with E-state index in [1.807, 2.05) is 23.6 Å². The molecule has 2 atom stereocenters. The summed E-state index contributed by atoms with van der Waals surface area (Å²) in [5.41, 5.74) is 0.0335. The maximum atomic E-state index is 12.4. The number of amides is 2. The van der Waals surface area contributed by atoms with E-state index < -0.39 is 0 Å². The lowest BCUT2D eigenvalue weighted by Gasteiger charge is -2.40. The second kappa shape index (κ2) is 7.65. The summed E-state index contributed by atoms with van der Waals surface area (Å²) < 4.78 is 0. The van der Waals surface area contributed by atoms with Gasteiger partial charge in [0.1, 0.15) is 0 Å². The van der Waals surface area contributed by atoms with Crippen LogP contribution >= 0.6 is 11.8 Å². The molecule has 0 aromatic heterocycles. The highest BCUT2D eigenvalue weighted by Crippen LogP contribution is 2.39. The molecule has 0 saturated carbocycles. The van der Waals surface area contributed by atoms with E-state index in [0.717, 1.165) is 38.1 Å². The Kier molecular flexibility index (Phi) is 6.24. The van der Waals surface area contributed by atoms with Gasteiger partial charge in [0.2, 0.25) is 11.8 Å². The van der Waals surface area contributed by atoms with Crippen LogP contribution in [0, 0.1) is 5.41 Å². The lowest BCUT2D eigenvalue weighted by Crippen LogP contribution is -2.55. The van der Waals surface area contributed by atoms with Crippen LogP contribution in [-0.2, 0) is 9.59 Å². The highest BCUT2D eigenvalue weighted by Gasteiger charge is 2.44. The maximum absolute atomic E-state index is 12.4. The number of rotatable bonds is 4. The van der Waals surface area contributed by atoms with Crippen LogP contribution in [0.4, 0.5) is 0 Å². The van der Waals surface area contributed by atoms with E-state index in [2.05, 4.69) is 38.3 Å². The molecule has 0 bridgehead atoms. The van der Waals surface area contributed by atoms with Crippen molar-refractivity contribution in [2.75, 3.05) is 18.8 Å². The summed E-state index contributed by atoms with van der Waals surface area (Å²) >= 11 is 1.85. The molecule has 0 aromatic rings. The fourth-order valence-corrected chi connectivity index (χ4v) is 4.62. The fourth-order valence-electron chi connectivity index (χ4n) is 3.20. The zero-order valence-electron chi connectivity index (χ0n) is 15.8. The summed E-state index contributed by atoms with van der Waals surface area (Å²) in [6.07, 6.45) is 3.38. The van der Waals surface area contributed by atoms with Crippen molar-refractivity contribution < 1.29 is 9.59 Å². The molecule has 0 aromatic carbocycles. The number of carbonyl (C=O) groups excluding carboxylic acids is 2. The highest BCUT2D eigenvalue weighted by molar-refractivity contribution is 8.01. The van der Waals surface area contributed by atoms with E-state index in [4.69, 9.17) is 0 Å². The largest absolute Gasteiger partial charge is 0.352 e. The first-order valence-corrected chi connectivity index (χ1v) is 10.1. The lowest BCUT2D eigenvalue weighted by atomic mass is 9.91. The van der Waals surface area contributed by atoms with Gasteiger partial charge >= 0.3 is 0 Å². The Morgan fingerprint density at radius 3 is 2.50 bits per heavy atom. The molecule has 24 heavy (non-hydrogen) atoms. The first-order chi connectivity index (χ1) is 11.1. The van der Waals surface area contributed by atoms with Crippen LogP contribution in [-0.4, -0.2) is 52.5 Å². The van der Waals surface area contributed by atoms with E-state index in [0.29, 0.717) is 6.42 Å². The molecule has 6 heteroatoms. The summed E-state index contributed by atoms with van der Waals surface area (Å²) in [5.74, 6) is 1.18. The summed E-state index contributed by atoms with van der Waals surface area (Å²) in [6, 6.07) is 0.110. The van der Waals surface area contributed by atoms with Crippen molar-refractivity contribution in [1.82, 2.24) is 15.5 Å². The summed E-state index contributed by atoms with van der Waals surface area (Å²) in [5, 5.41) is 6.62. The van der Waals surface area contributed by atoms with Crippen LogP contribution in [0.3, 0.4) is 0 Å². The Bertz CT molecular complexity index is 467. The van der Waals surface area contributed by atoms with Crippen LogP contribution in [0.15, 0.2) is 0 Å². The van der Waals surface area contributed by atoms with Crippen molar-refractivity contribution >= 4 is 23.6 Å². The molecule has 2 rings (SSSR count). The molecule has 2 aliphatic heterocycles. The van der Waals surface area contributed by atoms with Crippen LogP contribution in [0.2, 0.25) is 0 Å². The van der Waals surface area contributed by atoms with Crippen molar-refractivity contribution in [3.05, 3.63) is 0 Å². The molecular formula is C18H33N3O2S. The Morgan fingerprint density at radius 2 is 1.96 bits per heavy atom. The topological polar surface area (TPSA) is 61.4 Å². The third kappa shape index (κ3) is 5.12. The first kappa shape index (κ1) is 19.6. The minimum atomic E-state index is -0.110. The molecule has 2 amide bonds. The predicted octanol–water partition coefficient (Wildman–Crippen LogP) is 2.36. The van der Waals surface area contributed by atoms with Gasteiger partial charge < -0.3 is 10.2 Å². The second-order valence-electron chi connectivity index (χ2n) is 8.44. The number of nitrogens with zero attached hydrogens (tertiary/aromatic N) is 1. The summed E-state index contributed by atoms with van der Waals surface area (Å²) in [7, 11) is 0. The van der Waals surface area contributed by atoms with E-state index in [1.165, 1.54) is 0 Å². The van der Waals surface area contributed by atoms with Gasteiger partial charge in [0.25, 0.3) is 0 Å². The average Bonchev–Trinajstić information content (AvgIpc) is 2.90. The maximum Gasteiger partial charge on any atom is 0.238 e. The normalized spacial score (nSPS) is 24.9. The third-order valence-corrected chi connectivity index (χ3v) is 6.47. The van der Waals surface area contributed by atoms with Gasteiger partial charge in [-0.05, 0) is 31.6 Å². The smallest absolute Gasteiger partial charge is 0.238 e. The Balaban J connectivity index is 1.84. The number of piperidine rings is 1. The van der Waals surface area contributed by atoms with Crippen molar-refractivity contribution in [2.45, 2.75) is 77.3 Å². The Hall–Kier alpha value is -0.750. The van der Waals surface area contributed by atoms with Crippen LogP contribution in [0.1, 0.15) is 60.3 Å². The van der Waals surface area contributed by atoms with Gasteiger partial charge in [-0.25, -0.2) is 0 Å². The van der Waals surface area contributed by atoms with Gasteiger partial charge in [-0.3, -0.25) is 14.9 Å². The number of nitrogens with one attached hydrogen (secondary N) is 2. The number of thioether (sulfide) groups is 1. The lowest BCUT2D eigenvalue weighted by molar-refractivity contribution is -0.134. The fraction of sp³-hybridized carbons (Fsp3) is 0.889. The summed E-state index contributed by atoms with van der Waals surface area (Å²) in [4.78, 5) is 26.7. The minimum Gasteiger partial charge on any atom is -0.352 e. The molecule has 2 heterocycles. The number of hydrogen-bond donors (Lipinski definition) is 2. The highest BCUT2D eigenvalue weighted by atomic mass is 32.2. The molecule has 2 N–H and O–H groups in total. The van der Waals surface area contributed by atoms with Crippen LogP contribution in [0.25, 0.3) is 0 Å². The van der Waals surface area contributed by atoms with Crippen LogP contribution in [0.5, 0.6) is 0 Å². The second-order valence-corrected chi connectivity index (χ2v) is 9.84. The van der Waals surface area contributed by atoms with E-state index >= 15 is 0 Å². The quantitative estimate of drug-likeness (QED) is 0.813. The van der Waals surface area contributed by atoms with Gasteiger partial charge in [-0.1, -0.05) is 27.7 Å². The monoisotopic (exact) mass is 355 g/mol. The van der Waals surface area contributed by atoms with Crippen LogP contribution < -0.4 is 10.6 Å². The third-order valence-electron chi connectivity index (χ3n) is 4.89. The number of hydrogen-bond acceptors (Lipinski definition) is 4. The molecule has 138 valence electrons. The summed E-state index contributed by atoms with van der Waals surface area (Å²) in [6.45, 7) is 12.0. The van der Waals surface area contributed by atoms with Crippen molar-refractivity contribution in [3.63, 3.8) is 0 Å². The molecule has 0 radical (unpaired) electrons. The molecule has 5 nitrogen and oxygen atoms in total. The molecule has 2 fully saturated rings. The van der Waals surface area contributed by atoms with E-state index in [-0.39, 0.29) is 34.2 Å². The zero-order valence-corrected chi connectivity index (χ0v) is 16.6. The van der Waals surface area contributed by atoms with Crippen molar-refractivity contribution in [2.24, 2.45) is 5.41 Å². The van der Waals surface area contributed by atoms with E-state index in [1.54, 1.807) is 0 Å². The Morgan fingerprint density at radius 1 is 1.33 bits per heavy atom. The molecule has 0 aliphatic carbocycles. The van der Waals surface area contributed by atoms with Crippen molar-refractivity contribution in [3.8, 4) is 0 Å². The van der Waals surface area contributed by atoms with Gasteiger partial charge in [-0.2, -0.15) is 0 Å². The Labute approximate surface area is 150 Å². The molecule has 2 unspecified atom stereocenters. The molecule has 2 aliphatic rings. The predicted molar refractivity (Wildman–Crippen MR) is 99.9 cm³/mol. The number of likely N-dealkylation sites (tertiary alicyclic amines) is 1. The van der Waals surface area contributed by atoms with Gasteiger partial charge in [0.15, 0.2) is 0 Å². The van der Waals surface area contributed by atoms with Gasteiger partial charge in [0.05, 0.1) is 10.9 Å². The number of carbonyl (C=O) groups is 2. The first-order valence-electron chi connectivity index (χ1n) is 9.14.